The fourth-order valence-corrected chi connectivity index (χ4v) is 2.34. The standard InChI is InChI=1S/C11H15F3N2O3S/c1-6-8(7(2)19-16-6)4-20-5-10(18)15-3-9(17)11(12,13)14/h9,17H,3-5H2,1-2H3,(H,15,18). The lowest BCUT2D eigenvalue weighted by molar-refractivity contribution is -0.201. The molecule has 2 N–H and O–H groups in total. The van der Waals surface area contributed by atoms with Crippen LogP contribution in [0.3, 0.4) is 0 Å². The molecule has 0 aromatic carbocycles. The van der Waals surface area contributed by atoms with E-state index < -0.39 is 24.7 Å². The van der Waals surface area contributed by atoms with E-state index in [0.717, 1.165) is 11.3 Å². The van der Waals surface area contributed by atoms with Crippen LogP contribution in [0.2, 0.25) is 0 Å². The van der Waals surface area contributed by atoms with Gasteiger partial charge in [0.2, 0.25) is 5.91 Å². The molecule has 0 aliphatic heterocycles. The summed E-state index contributed by atoms with van der Waals surface area (Å²) in [5.74, 6) is 0.568. The van der Waals surface area contributed by atoms with Gasteiger partial charge in [0.1, 0.15) is 5.76 Å². The number of rotatable bonds is 6. The second-order valence-corrected chi connectivity index (χ2v) is 5.14. The topological polar surface area (TPSA) is 75.4 Å². The van der Waals surface area contributed by atoms with E-state index in [-0.39, 0.29) is 5.75 Å². The number of aliphatic hydroxyl groups is 1. The minimum atomic E-state index is -4.73. The fourth-order valence-electron chi connectivity index (χ4n) is 1.33. The number of nitrogens with one attached hydrogen (secondary N) is 1. The lowest BCUT2D eigenvalue weighted by Gasteiger charge is -2.14. The summed E-state index contributed by atoms with van der Waals surface area (Å²) in [5, 5.41) is 14.5. The first-order chi connectivity index (χ1) is 9.21. The number of carbonyl (C=O) groups is 1. The van der Waals surface area contributed by atoms with E-state index >= 15 is 0 Å². The molecule has 0 saturated carbocycles. The van der Waals surface area contributed by atoms with Crippen molar-refractivity contribution in [3.63, 3.8) is 0 Å². The molecule has 0 saturated heterocycles. The summed E-state index contributed by atoms with van der Waals surface area (Å²) in [6, 6.07) is 0. The van der Waals surface area contributed by atoms with Crippen LogP contribution in [-0.2, 0) is 10.5 Å². The molecule has 1 amide bonds. The van der Waals surface area contributed by atoms with Gasteiger partial charge in [-0.2, -0.15) is 13.2 Å². The number of aromatic nitrogens is 1. The Balaban J connectivity index is 2.28. The van der Waals surface area contributed by atoms with Gasteiger partial charge in [0.15, 0.2) is 6.10 Å². The molecule has 1 atom stereocenters. The number of hydrogen-bond acceptors (Lipinski definition) is 5. The number of thioether (sulfide) groups is 1. The molecular weight excluding hydrogens is 297 g/mol. The molecule has 1 aromatic rings. The van der Waals surface area contributed by atoms with E-state index in [0.29, 0.717) is 11.5 Å². The van der Waals surface area contributed by atoms with Crippen molar-refractivity contribution in [1.82, 2.24) is 10.5 Å². The van der Waals surface area contributed by atoms with Crippen LogP contribution in [0.5, 0.6) is 0 Å². The molecule has 0 spiro atoms. The van der Waals surface area contributed by atoms with Crippen LogP contribution in [-0.4, -0.2) is 40.7 Å². The highest BCUT2D eigenvalue weighted by Gasteiger charge is 2.38. The summed E-state index contributed by atoms with van der Waals surface area (Å²) in [6.45, 7) is 2.68. The number of amides is 1. The molecule has 1 rings (SSSR count). The third-order valence-corrected chi connectivity index (χ3v) is 3.49. The zero-order valence-electron chi connectivity index (χ0n) is 11.0. The lowest BCUT2D eigenvalue weighted by Crippen LogP contribution is -2.41. The van der Waals surface area contributed by atoms with Crippen molar-refractivity contribution >= 4 is 17.7 Å². The summed E-state index contributed by atoms with van der Waals surface area (Å²) < 4.78 is 41.0. The molecule has 9 heteroatoms. The van der Waals surface area contributed by atoms with Crippen molar-refractivity contribution in [2.75, 3.05) is 12.3 Å². The predicted octanol–water partition coefficient (Wildman–Crippen LogP) is 1.56. The van der Waals surface area contributed by atoms with Gasteiger partial charge in [-0.1, -0.05) is 5.16 Å². The number of hydrogen-bond donors (Lipinski definition) is 2. The summed E-state index contributed by atoms with van der Waals surface area (Å²) in [7, 11) is 0. The normalized spacial score (nSPS) is 13.3. The Bertz CT molecular complexity index is 443. The Kier molecular flexibility index (Phi) is 5.88. The van der Waals surface area contributed by atoms with E-state index in [1.54, 1.807) is 13.8 Å². The van der Waals surface area contributed by atoms with E-state index in [9.17, 15) is 18.0 Å². The first-order valence-corrected chi connectivity index (χ1v) is 6.88. The summed E-state index contributed by atoms with van der Waals surface area (Å²) in [6.07, 6.45) is -7.27. The van der Waals surface area contributed by atoms with Crippen molar-refractivity contribution in [2.45, 2.75) is 31.9 Å². The molecule has 0 fully saturated rings. The third-order valence-electron chi connectivity index (χ3n) is 2.53. The van der Waals surface area contributed by atoms with Crippen LogP contribution in [0.15, 0.2) is 4.52 Å². The first kappa shape index (κ1) is 16.8. The number of halogens is 3. The highest BCUT2D eigenvalue weighted by molar-refractivity contribution is 7.99. The summed E-state index contributed by atoms with van der Waals surface area (Å²) >= 11 is 1.23. The Morgan fingerprint density at radius 3 is 2.65 bits per heavy atom. The van der Waals surface area contributed by atoms with Gasteiger partial charge in [0.05, 0.1) is 18.0 Å². The molecule has 1 heterocycles. The van der Waals surface area contributed by atoms with Crippen LogP contribution in [0.4, 0.5) is 13.2 Å². The average Bonchev–Trinajstić information content (AvgIpc) is 2.66. The maximum atomic E-state index is 12.0. The van der Waals surface area contributed by atoms with Crippen molar-refractivity contribution < 1.29 is 27.6 Å². The largest absolute Gasteiger partial charge is 0.416 e. The van der Waals surface area contributed by atoms with Crippen molar-refractivity contribution in [3.05, 3.63) is 17.0 Å². The summed E-state index contributed by atoms with van der Waals surface area (Å²) in [4.78, 5) is 11.3. The molecular formula is C11H15F3N2O3S. The molecule has 0 radical (unpaired) electrons. The van der Waals surface area contributed by atoms with Gasteiger partial charge in [0, 0.05) is 11.3 Å². The Morgan fingerprint density at radius 1 is 1.50 bits per heavy atom. The number of aryl methyl sites for hydroxylation is 2. The molecule has 0 aliphatic carbocycles. The van der Waals surface area contributed by atoms with Crippen LogP contribution >= 0.6 is 11.8 Å². The van der Waals surface area contributed by atoms with E-state index in [2.05, 4.69) is 5.16 Å². The average molecular weight is 312 g/mol. The van der Waals surface area contributed by atoms with Crippen molar-refractivity contribution in [2.24, 2.45) is 0 Å². The molecule has 0 aliphatic rings. The Hall–Kier alpha value is -1.22. The highest BCUT2D eigenvalue weighted by atomic mass is 32.2. The van der Waals surface area contributed by atoms with Gasteiger partial charge >= 0.3 is 6.18 Å². The zero-order chi connectivity index (χ0) is 15.3. The smallest absolute Gasteiger partial charge is 0.382 e. The van der Waals surface area contributed by atoms with Crippen molar-refractivity contribution in [1.29, 1.82) is 0 Å². The maximum Gasteiger partial charge on any atom is 0.416 e. The second-order valence-electron chi connectivity index (χ2n) is 4.16. The molecule has 0 bridgehead atoms. The molecule has 1 aromatic heterocycles. The number of carbonyl (C=O) groups excluding carboxylic acids is 1. The van der Waals surface area contributed by atoms with E-state index in [4.69, 9.17) is 9.63 Å². The van der Waals surface area contributed by atoms with Gasteiger partial charge in [-0.25, -0.2) is 0 Å². The SMILES string of the molecule is Cc1noc(C)c1CSCC(=O)NCC(O)C(F)(F)F. The quantitative estimate of drug-likeness (QED) is 0.834. The molecule has 1 unspecified atom stereocenters. The Labute approximate surface area is 117 Å². The number of aliphatic hydroxyl groups excluding tert-OH is 1. The van der Waals surface area contributed by atoms with Crippen LogP contribution in [0.25, 0.3) is 0 Å². The van der Waals surface area contributed by atoms with Gasteiger partial charge in [-0.05, 0) is 13.8 Å². The van der Waals surface area contributed by atoms with Crippen LogP contribution in [0, 0.1) is 13.8 Å². The summed E-state index contributed by atoms with van der Waals surface area (Å²) in [5.41, 5.74) is 1.60. The predicted molar refractivity (Wildman–Crippen MR) is 67.2 cm³/mol. The van der Waals surface area contributed by atoms with E-state index in [1.807, 2.05) is 5.32 Å². The molecule has 114 valence electrons. The molecule has 5 nitrogen and oxygen atoms in total. The number of nitrogens with zero attached hydrogens (tertiary/aromatic N) is 1. The zero-order valence-corrected chi connectivity index (χ0v) is 11.8. The lowest BCUT2D eigenvalue weighted by atomic mass is 10.2. The van der Waals surface area contributed by atoms with E-state index in [1.165, 1.54) is 11.8 Å². The van der Waals surface area contributed by atoms with Gasteiger partial charge in [-0.3, -0.25) is 4.79 Å². The monoisotopic (exact) mass is 312 g/mol. The van der Waals surface area contributed by atoms with Gasteiger partial charge in [0.25, 0.3) is 0 Å². The number of alkyl halides is 3. The van der Waals surface area contributed by atoms with Gasteiger partial charge in [-0.15, -0.1) is 11.8 Å². The highest BCUT2D eigenvalue weighted by Crippen LogP contribution is 2.20. The van der Waals surface area contributed by atoms with Crippen LogP contribution in [0.1, 0.15) is 17.0 Å². The molecule has 20 heavy (non-hydrogen) atoms. The van der Waals surface area contributed by atoms with Crippen LogP contribution < -0.4 is 5.32 Å². The fraction of sp³-hybridized carbons (Fsp3) is 0.636. The van der Waals surface area contributed by atoms with Gasteiger partial charge < -0.3 is 14.9 Å². The maximum absolute atomic E-state index is 12.0. The minimum Gasteiger partial charge on any atom is -0.382 e. The third kappa shape index (κ3) is 5.04. The van der Waals surface area contributed by atoms with Crippen molar-refractivity contribution in [3.8, 4) is 0 Å². The first-order valence-electron chi connectivity index (χ1n) is 5.72. The second kappa shape index (κ2) is 6.98. The minimum absolute atomic E-state index is 0.00532. The Morgan fingerprint density at radius 2 is 2.15 bits per heavy atom.